The maximum atomic E-state index is 15.3. The van der Waals surface area contributed by atoms with Gasteiger partial charge in [-0.15, -0.1) is 0 Å². The molecule has 2 aliphatic heterocycles. The number of ether oxygens (including phenoxy) is 2. The molecule has 2 aromatic carbocycles. The number of hydrogen-bond donors (Lipinski definition) is 1. The van der Waals surface area contributed by atoms with Gasteiger partial charge in [-0.3, -0.25) is 0 Å². The lowest BCUT2D eigenvalue weighted by Gasteiger charge is -2.32. The quantitative estimate of drug-likeness (QED) is 0.361. The van der Waals surface area contributed by atoms with Crippen molar-refractivity contribution in [2.45, 2.75) is 84.3 Å². The zero-order valence-corrected chi connectivity index (χ0v) is 23.1. The standard InChI is InChI=1S/C28H35BFN3O5/c1-26(2,3)36-24(34)17-8-10-22-23(14-17)33(16-19-12-13-35-19)25(32-22)31-21-11-9-18(15-20(21)30)29-37-27(4,5)28(6,7)38-29/h8-11,14-15,19H,12-13,16H2,1-7H3,(H,31,32)/t19-/m0/s1. The summed E-state index contributed by atoms with van der Waals surface area (Å²) in [5, 5.41) is 3.14. The maximum Gasteiger partial charge on any atom is 0.494 e. The maximum absolute atomic E-state index is 15.3. The number of fused-ring (bicyclic) bond motifs is 1. The fourth-order valence-electron chi connectivity index (χ4n) is 4.38. The van der Waals surface area contributed by atoms with Gasteiger partial charge in [-0.2, -0.15) is 0 Å². The molecule has 1 atom stereocenters. The van der Waals surface area contributed by atoms with E-state index < -0.39 is 35.7 Å². The van der Waals surface area contributed by atoms with Crippen molar-refractivity contribution in [3.05, 3.63) is 47.8 Å². The molecule has 1 N–H and O–H groups in total. The van der Waals surface area contributed by atoms with E-state index in [1.165, 1.54) is 6.07 Å². The van der Waals surface area contributed by atoms with Gasteiger partial charge in [0, 0.05) is 6.61 Å². The predicted octanol–water partition coefficient (Wildman–Crippen LogP) is 4.96. The van der Waals surface area contributed by atoms with E-state index in [2.05, 4.69) is 5.32 Å². The Morgan fingerprint density at radius 3 is 2.42 bits per heavy atom. The third kappa shape index (κ3) is 5.17. The molecule has 10 heteroatoms. The van der Waals surface area contributed by atoms with Crippen LogP contribution < -0.4 is 10.8 Å². The first-order valence-corrected chi connectivity index (χ1v) is 13.0. The monoisotopic (exact) mass is 523 g/mol. The molecule has 202 valence electrons. The number of nitrogens with one attached hydrogen (secondary N) is 1. The minimum Gasteiger partial charge on any atom is -0.456 e. The summed E-state index contributed by atoms with van der Waals surface area (Å²) >= 11 is 0. The number of carbonyl (C=O) groups excluding carboxylic acids is 1. The van der Waals surface area contributed by atoms with Crippen LogP contribution in [0.1, 0.15) is 65.2 Å². The van der Waals surface area contributed by atoms with Crippen molar-refractivity contribution in [3.8, 4) is 0 Å². The molecule has 3 aromatic rings. The van der Waals surface area contributed by atoms with E-state index in [9.17, 15) is 4.79 Å². The second-order valence-corrected chi connectivity index (χ2v) is 12.0. The molecule has 2 saturated heterocycles. The summed E-state index contributed by atoms with van der Waals surface area (Å²) in [6.45, 7) is 14.6. The molecule has 1 aromatic heterocycles. The van der Waals surface area contributed by atoms with Crippen molar-refractivity contribution in [2.75, 3.05) is 11.9 Å². The number of carbonyl (C=O) groups is 1. The number of anilines is 2. The van der Waals surface area contributed by atoms with Gasteiger partial charge in [-0.05, 0) is 90.7 Å². The molecule has 3 heterocycles. The molecule has 8 nitrogen and oxygen atoms in total. The number of esters is 1. The first-order chi connectivity index (χ1) is 17.7. The van der Waals surface area contributed by atoms with Gasteiger partial charge < -0.3 is 28.7 Å². The summed E-state index contributed by atoms with van der Waals surface area (Å²) in [6.07, 6.45) is 0.941. The van der Waals surface area contributed by atoms with Crippen LogP contribution in [-0.4, -0.2) is 52.2 Å². The van der Waals surface area contributed by atoms with Crippen molar-refractivity contribution in [3.63, 3.8) is 0 Å². The van der Waals surface area contributed by atoms with Gasteiger partial charge in [-0.25, -0.2) is 14.2 Å². The van der Waals surface area contributed by atoms with Crippen molar-refractivity contribution in [2.24, 2.45) is 0 Å². The Morgan fingerprint density at radius 2 is 1.84 bits per heavy atom. The number of nitrogens with zero attached hydrogens (tertiary/aromatic N) is 2. The minimum absolute atomic E-state index is 0.0220. The van der Waals surface area contributed by atoms with Gasteiger partial charge in [0.15, 0.2) is 0 Å². The van der Waals surface area contributed by atoms with E-state index in [0.29, 0.717) is 35.6 Å². The molecular weight excluding hydrogens is 488 g/mol. The van der Waals surface area contributed by atoms with E-state index in [0.717, 1.165) is 11.9 Å². The van der Waals surface area contributed by atoms with Crippen LogP contribution in [0.4, 0.5) is 16.0 Å². The number of hydrogen-bond acceptors (Lipinski definition) is 7. The van der Waals surface area contributed by atoms with Crippen LogP contribution in [0.25, 0.3) is 11.0 Å². The van der Waals surface area contributed by atoms with Crippen LogP contribution in [0, 0.1) is 5.82 Å². The summed E-state index contributed by atoms with van der Waals surface area (Å²) < 4.78 is 40.6. The van der Waals surface area contributed by atoms with Gasteiger partial charge in [0.05, 0.1) is 46.1 Å². The average molecular weight is 523 g/mol. The number of imidazole rings is 1. The molecule has 2 fully saturated rings. The SMILES string of the molecule is CC(C)(C)OC(=O)c1ccc2nc(Nc3ccc(B4OC(C)(C)C(C)(C)O4)cc3F)n(C[C@@H]3CCO3)c2c1. The lowest BCUT2D eigenvalue weighted by molar-refractivity contribution is -0.0583. The topological polar surface area (TPSA) is 83.8 Å². The van der Waals surface area contributed by atoms with Crippen LogP contribution in [-0.2, 0) is 25.3 Å². The Labute approximate surface area is 222 Å². The van der Waals surface area contributed by atoms with Crippen molar-refractivity contribution in [1.29, 1.82) is 0 Å². The lowest BCUT2D eigenvalue weighted by atomic mass is 9.79. The molecule has 2 aliphatic rings. The number of aromatic nitrogens is 2. The second-order valence-electron chi connectivity index (χ2n) is 12.0. The molecular formula is C28H35BFN3O5. The summed E-state index contributed by atoms with van der Waals surface area (Å²) in [5.74, 6) is -0.407. The Hall–Kier alpha value is -2.95. The average Bonchev–Trinajstić information content (AvgIpc) is 3.22. The van der Waals surface area contributed by atoms with Gasteiger partial charge in [0.1, 0.15) is 11.4 Å². The fourth-order valence-corrected chi connectivity index (χ4v) is 4.38. The Bertz CT molecular complexity index is 1360. The highest BCUT2D eigenvalue weighted by molar-refractivity contribution is 6.62. The zero-order valence-electron chi connectivity index (χ0n) is 23.1. The normalized spacial score (nSPS) is 20.4. The van der Waals surface area contributed by atoms with Gasteiger partial charge >= 0.3 is 13.1 Å². The Balaban J connectivity index is 1.44. The molecule has 0 radical (unpaired) electrons. The van der Waals surface area contributed by atoms with E-state index in [4.69, 9.17) is 23.8 Å². The smallest absolute Gasteiger partial charge is 0.456 e. The minimum atomic E-state index is -0.657. The third-order valence-electron chi connectivity index (χ3n) is 7.33. The molecule has 5 rings (SSSR count). The Morgan fingerprint density at radius 1 is 1.16 bits per heavy atom. The summed E-state index contributed by atoms with van der Waals surface area (Å²) in [6, 6.07) is 10.1. The molecule has 0 aliphatic carbocycles. The Kier molecular flexibility index (Phi) is 6.56. The zero-order chi connectivity index (χ0) is 27.5. The summed E-state index contributed by atoms with van der Waals surface area (Å²) in [7, 11) is -0.657. The predicted molar refractivity (Wildman–Crippen MR) is 145 cm³/mol. The van der Waals surface area contributed by atoms with E-state index in [-0.39, 0.29) is 11.8 Å². The van der Waals surface area contributed by atoms with Gasteiger partial charge in [0.25, 0.3) is 0 Å². The first-order valence-electron chi connectivity index (χ1n) is 13.0. The van der Waals surface area contributed by atoms with Crippen LogP contribution in [0.15, 0.2) is 36.4 Å². The first kappa shape index (κ1) is 26.7. The summed E-state index contributed by atoms with van der Waals surface area (Å²) in [4.78, 5) is 17.4. The highest BCUT2D eigenvalue weighted by Crippen LogP contribution is 2.37. The second kappa shape index (κ2) is 9.36. The number of halogens is 1. The van der Waals surface area contributed by atoms with Crippen LogP contribution in [0.2, 0.25) is 0 Å². The molecule has 0 spiro atoms. The highest BCUT2D eigenvalue weighted by atomic mass is 19.1. The van der Waals surface area contributed by atoms with Crippen LogP contribution >= 0.6 is 0 Å². The van der Waals surface area contributed by atoms with E-state index >= 15 is 4.39 Å². The molecule has 0 unspecified atom stereocenters. The third-order valence-corrected chi connectivity index (χ3v) is 7.33. The largest absolute Gasteiger partial charge is 0.494 e. The summed E-state index contributed by atoms with van der Waals surface area (Å²) in [5.41, 5.74) is 1.06. The molecule has 38 heavy (non-hydrogen) atoms. The number of rotatable bonds is 6. The van der Waals surface area contributed by atoms with E-state index in [1.807, 2.05) is 53.0 Å². The molecule has 0 saturated carbocycles. The number of benzene rings is 2. The van der Waals surface area contributed by atoms with E-state index in [1.54, 1.807) is 30.3 Å². The fraction of sp³-hybridized carbons (Fsp3) is 0.500. The van der Waals surface area contributed by atoms with Crippen LogP contribution in [0.5, 0.6) is 0 Å². The van der Waals surface area contributed by atoms with Crippen molar-refractivity contribution < 1.29 is 28.0 Å². The van der Waals surface area contributed by atoms with Gasteiger partial charge in [0.2, 0.25) is 5.95 Å². The lowest BCUT2D eigenvalue weighted by Crippen LogP contribution is -2.41. The molecule has 0 bridgehead atoms. The van der Waals surface area contributed by atoms with Crippen LogP contribution in [0.3, 0.4) is 0 Å². The highest BCUT2D eigenvalue weighted by Gasteiger charge is 2.51. The van der Waals surface area contributed by atoms with Crippen molar-refractivity contribution >= 4 is 41.2 Å². The molecule has 0 amide bonds. The van der Waals surface area contributed by atoms with Gasteiger partial charge in [-0.1, -0.05) is 6.07 Å². The van der Waals surface area contributed by atoms with Crippen molar-refractivity contribution in [1.82, 2.24) is 9.55 Å².